The first-order chi connectivity index (χ1) is 7.51. The van der Waals surface area contributed by atoms with E-state index in [-0.39, 0.29) is 0 Å². The minimum Gasteiger partial charge on any atom is -0.494 e. The second-order valence-electron chi connectivity index (χ2n) is 3.30. The molecule has 1 unspecified atom stereocenters. The number of carbonyl (C=O) groups excluding carboxylic acids is 1. The summed E-state index contributed by atoms with van der Waals surface area (Å²) in [6, 6.07) is 0. The van der Waals surface area contributed by atoms with Gasteiger partial charge in [-0.25, -0.2) is 4.79 Å². The van der Waals surface area contributed by atoms with Crippen LogP contribution >= 0.6 is 0 Å². The van der Waals surface area contributed by atoms with Crippen LogP contribution in [0.5, 0.6) is 0 Å². The average Bonchev–Trinajstić information content (AvgIpc) is 2.17. The fraction of sp³-hybridized carbons (Fsp3) is 0.583. The van der Waals surface area contributed by atoms with Crippen LogP contribution in [0.4, 0.5) is 0 Å². The number of hydrogen-bond acceptors (Lipinski definition) is 4. The van der Waals surface area contributed by atoms with Crippen molar-refractivity contribution in [2.45, 2.75) is 33.8 Å². The third-order valence-corrected chi connectivity index (χ3v) is 1.89. The summed E-state index contributed by atoms with van der Waals surface area (Å²) in [4.78, 5) is 11.2. The third-order valence-electron chi connectivity index (χ3n) is 1.89. The zero-order valence-electron chi connectivity index (χ0n) is 10.3. The van der Waals surface area contributed by atoms with Crippen molar-refractivity contribution in [2.75, 3.05) is 13.2 Å². The van der Waals surface area contributed by atoms with Crippen LogP contribution in [0.15, 0.2) is 23.5 Å². The summed E-state index contributed by atoms with van der Waals surface area (Å²) in [6.07, 6.45) is 2.34. The Labute approximate surface area is 96.6 Å². The highest BCUT2D eigenvalue weighted by Crippen LogP contribution is 2.08. The predicted octanol–water partition coefficient (Wildman–Crippen LogP) is 1.80. The lowest BCUT2D eigenvalue weighted by Gasteiger charge is -2.08. The molecule has 0 radical (unpaired) electrons. The summed E-state index contributed by atoms with van der Waals surface area (Å²) in [7, 11) is 0. The SMILES string of the molecule is CCOC(=O)/C=C(\C=C(/C)C(C)O)OCC. The molecular formula is C12H20O4. The summed E-state index contributed by atoms with van der Waals surface area (Å²) in [5.74, 6) is -0.0417. The molecule has 0 aromatic rings. The number of allylic oxidation sites excluding steroid dienone is 1. The molecule has 0 fully saturated rings. The summed E-state index contributed by atoms with van der Waals surface area (Å²) in [6.45, 7) is 7.76. The summed E-state index contributed by atoms with van der Waals surface area (Å²) >= 11 is 0. The monoisotopic (exact) mass is 228 g/mol. The molecule has 16 heavy (non-hydrogen) atoms. The van der Waals surface area contributed by atoms with E-state index in [1.54, 1.807) is 26.8 Å². The van der Waals surface area contributed by atoms with Crippen molar-refractivity contribution in [3.8, 4) is 0 Å². The smallest absolute Gasteiger partial charge is 0.334 e. The van der Waals surface area contributed by atoms with Gasteiger partial charge in [0.05, 0.1) is 25.4 Å². The van der Waals surface area contributed by atoms with Crippen LogP contribution in [0.3, 0.4) is 0 Å². The first-order valence-electron chi connectivity index (χ1n) is 5.38. The maximum absolute atomic E-state index is 11.2. The Kier molecular flexibility index (Phi) is 7.29. The summed E-state index contributed by atoms with van der Waals surface area (Å²) in [5.41, 5.74) is 0.726. The zero-order valence-corrected chi connectivity index (χ0v) is 10.3. The quantitative estimate of drug-likeness (QED) is 0.326. The van der Waals surface area contributed by atoms with E-state index in [2.05, 4.69) is 0 Å². The van der Waals surface area contributed by atoms with Gasteiger partial charge in [-0.1, -0.05) is 0 Å². The maximum Gasteiger partial charge on any atom is 0.334 e. The number of hydrogen-bond donors (Lipinski definition) is 1. The lowest BCUT2D eigenvalue weighted by molar-refractivity contribution is -0.137. The summed E-state index contributed by atoms with van der Waals surface area (Å²) < 4.78 is 10.0. The highest BCUT2D eigenvalue weighted by molar-refractivity contribution is 5.82. The Morgan fingerprint density at radius 1 is 1.25 bits per heavy atom. The van der Waals surface area contributed by atoms with E-state index in [1.165, 1.54) is 6.08 Å². The van der Waals surface area contributed by atoms with Gasteiger partial charge in [-0.15, -0.1) is 0 Å². The third kappa shape index (κ3) is 6.24. The van der Waals surface area contributed by atoms with Crippen molar-refractivity contribution < 1.29 is 19.4 Å². The first kappa shape index (κ1) is 14.7. The first-order valence-corrected chi connectivity index (χ1v) is 5.38. The standard InChI is InChI=1S/C12H20O4/c1-5-15-11(7-9(3)10(4)13)8-12(14)16-6-2/h7-8,10,13H,5-6H2,1-4H3/b9-7+,11-8+. The number of aliphatic hydroxyl groups is 1. The molecule has 92 valence electrons. The molecule has 0 aromatic heterocycles. The fourth-order valence-corrected chi connectivity index (χ4v) is 0.937. The molecule has 4 nitrogen and oxygen atoms in total. The molecule has 1 atom stereocenters. The van der Waals surface area contributed by atoms with Crippen molar-refractivity contribution in [2.24, 2.45) is 0 Å². The topological polar surface area (TPSA) is 55.8 Å². The molecule has 0 aromatic carbocycles. The van der Waals surface area contributed by atoms with Crippen molar-refractivity contribution in [3.63, 3.8) is 0 Å². The van der Waals surface area contributed by atoms with Crippen molar-refractivity contribution in [1.29, 1.82) is 0 Å². The molecule has 1 N–H and O–H groups in total. The Morgan fingerprint density at radius 3 is 2.25 bits per heavy atom. The number of carbonyl (C=O) groups is 1. The van der Waals surface area contributed by atoms with Crippen LogP contribution in [-0.2, 0) is 14.3 Å². The van der Waals surface area contributed by atoms with E-state index in [0.29, 0.717) is 19.0 Å². The molecule has 0 bridgehead atoms. The van der Waals surface area contributed by atoms with Crippen molar-refractivity contribution >= 4 is 5.97 Å². The molecule has 0 aliphatic carbocycles. The minimum absolute atomic E-state index is 0.327. The van der Waals surface area contributed by atoms with E-state index in [0.717, 1.165) is 5.57 Å². The van der Waals surface area contributed by atoms with Gasteiger partial charge in [-0.05, 0) is 39.3 Å². The van der Waals surface area contributed by atoms with Crippen LogP contribution in [0.1, 0.15) is 27.7 Å². The van der Waals surface area contributed by atoms with Gasteiger partial charge in [0.25, 0.3) is 0 Å². The van der Waals surface area contributed by atoms with E-state index in [1.807, 2.05) is 6.92 Å². The van der Waals surface area contributed by atoms with Gasteiger partial charge in [0.2, 0.25) is 0 Å². The van der Waals surface area contributed by atoms with Gasteiger partial charge in [-0.2, -0.15) is 0 Å². The molecule has 4 heteroatoms. The van der Waals surface area contributed by atoms with Gasteiger partial charge >= 0.3 is 5.97 Å². The largest absolute Gasteiger partial charge is 0.494 e. The van der Waals surface area contributed by atoms with Crippen LogP contribution in [0.2, 0.25) is 0 Å². The molecule has 0 aliphatic rings. The Balaban J connectivity index is 4.72. The Morgan fingerprint density at radius 2 is 1.81 bits per heavy atom. The van der Waals surface area contributed by atoms with Gasteiger partial charge in [0.1, 0.15) is 5.76 Å². The minimum atomic E-state index is -0.564. The highest BCUT2D eigenvalue weighted by atomic mass is 16.5. The van der Waals surface area contributed by atoms with Crippen LogP contribution in [0, 0.1) is 0 Å². The molecular weight excluding hydrogens is 208 g/mol. The van der Waals surface area contributed by atoms with Crippen LogP contribution in [-0.4, -0.2) is 30.4 Å². The van der Waals surface area contributed by atoms with Gasteiger partial charge in [0.15, 0.2) is 0 Å². The van der Waals surface area contributed by atoms with Crippen molar-refractivity contribution in [1.82, 2.24) is 0 Å². The molecule has 0 aliphatic heterocycles. The molecule has 0 heterocycles. The number of rotatable bonds is 6. The highest BCUT2D eigenvalue weighted by Gasteiger charge is 2.04. The van der Waals surface area contributed by atoms with Gasteiger partial charge in [0, 0.05) is 0 Å². The van der Waals surface area contributed by atoms with Gasteiger partial charge in [-0.3, -0.25) is 0 Å². The maximum atomic E-state index is 11.2. The van der Waals surface area contributed by atoms with E-state index >= 15 is 0 Å². The fourth-order valence-electron chi connectivity index (χ4n) is 0.937. The molecule has 0 amide bonds. The Bertz CT molecular complexity index is 277. The van der Waals surface area contributed by atoms with Crippen LogP contribution < -0.4 is 0 Å². The zero-order chi connectivity index (χ0) is 12.6. The molecule has 0 rings (SSSR count). The van der Waals surface area contributed by atoms with Gasteiger partial charge < -0.3 is 14.6 Å². The van der Waals surface area contributed by atoms with E-state index in [4.69, 9.17) is 9.47 Å². The van der Waals surface area contributed by atoms with E-state index < -0.39 is 12.1 Å². The summed E-state index contributed by atoms with van der Waals surface area (Å²) in [5, 5.41) is 9.31. The lowest BCUT2D eigenvalue weighted by atomic mass is 10.1. The lowest BCUT2D eigenvalue weighted by Crippen LogP contribution is -2.05. The molecule has 0 saturated heterocycles. The second-order valence-corrected chi connectivity index (χ2v) is 3.30. The molecule has 0 saturated carbocycles. The predicted molar refractivity (Wildman–Crippen MR) is 61.8 cm³/mol. The Hall–Kier alpha value is -1.29. The van der Waals surface area contributed by atoms with Crippen LogP contribution in [0.25, 0.3) is 0 Å². The molecule has 0 spiro atoms. The van der Waals surface area contributed by atoms with Crippen molar-refractivity contribution in [3.05, 3.63) is 23.5 Å². The van der Waals surface area contributed by atoms with E-state index in [9.17, 15) is 9.90 Å². The second kappa shape index (κ2) is 7.93. The normalized spacial score (nSPS) is 14.6. The number of ether oxygens (including phenoxy) is 2. The number of aliphatic hydroxyl groups excluding tert-OH is 1. The average molecular weight is 228 g/mol. The number of esters is 1.